The highest BCUT2D eigenvalue weighted by Gasteiger charge is 2.38. The third-order valence-electron chi connectivity index (χ3n) is 4.57. The van der Waals surface area contributed by atoms with Crippen LogP contribution < -0.4 is 5.32 Å². The van der Waals surface area contributed by atoms with Crippen LogP contribution in [0.1, 0.15) is 43.1 Å². The van der Waals surface area contributed by atoms with Gasteiger partial charge in [-0.1, -0.05) is 0 Å². The molecule has 1 aromatic rings. The van der Waals surface area contributed by atoms with Crippen molar-refractivity contribution in [1.29, 1.82) is 0 Å². The molecular weight excluding hydrogens is 405 g/mol. The van der Waals surface area contributed by atoms with E-state index in [4.69, 9.17) is 0 Å². The maximum atomic E-state index is 13.3. The number of hydrogen-bond donors (Lipinski definition) is 1. The van der Waals surface area contributed by atoms with Crippen LogP contribution in [0.4, 0.5) is 13.6 Å². The first kappa shape index (κ1) is 15.9. The van der Waals surface area contributed by atoms with Crippen LogP contribution in [0.25, 0.3) is 0 Å². The number of amides is 2. The standard InChI is InChI=1S/C14H19F2IN4O/c1-18-13(22)20-6-7-21-10(8-20)11(17)19-12(21)9-2-4-14(15,16)5-3-9/h9H,2-8H2,1H3,(H,18,22). The molecule has 2 amide bonds. The van der Waals surface area contributed by atoms with Crippen LogP contribution in [0, 0.1) is 3.70 Å². The summed E-state index contributed by atoms with van der Waals surface area (Å²) < 4.78 is 29.7. The molecule has 0 aromatic carbocycles. The van der Waals surface area contributed by atoms with E-state index in [0.717, 1.165) is 15.2 Å². The van der Waals surface area contributed by atoms with Crippen molar-refractivity contribution in [3.63, 3.8) is 0 Å². The van der Waals surface area contributed by atoms with Crippen LogP contribution in [0.3, 0.4) is 0 Å². The van der Waals surface area contributed by atoms with Gasteiger partial charge in [0.15, 0.2) is 0 Å². The first-order valence-electron chi connectivity index (χ1n) is 7.50. The Labute approximate surface area is 141 Å². The second-order valence-electron chi connectivity index (χ2n) is 5.97. The Morgan fingerprint density at radius 2 is 2.05 bits per heavy atom. The fraction of sp³-hybridized carbons (Fsp3) is 0.714. The van der Waals surface area contributed by atoms with E-state index < -0.39 is 5.92 Å². The fourth-order valence-electron chi connectivity index (χ4n) is 3.30. The molecule has 0 bridgehead atoms. The normalized spacial score (nSPS) is 21.5. The van der Waals surface area contributed by atoms with Crippen molar-refractivity contribution in [2.45, 2.75) is 50.6 Å². The van der Waals surface area contributed by atoms with Gasteiger partial charge >= 0.3 is 6.03 Å². The fourth-order valence-corrected chi connectivity index (χ4v) is 4.01. The molecule has 22 heavy (non-hydrogen) atoms. The lowest BCUT2D eigenvalue weighted by atomic mass is 9.86. The number of urea groups is 1. The molecule has 3 rings (SSSR count). The zero-order chi connectivity index (χ0) is 15.9. The number of halogens is 3. The van der Waals surface area contributed by atoms with E-state index in [1.807, 2.05) is 0 Å². The van der Waals surface area contributed by atoms with Crippen molar-refractivity contribution in [2.24, 2.45) is 0 Å². The summed E-state index contributed by atoms with van der Waals surface area (Å²) in [4.78, 5) is 18.1. The summed E-state index contributed by atoms with van der Waals surface area (Å²) in [5, 5.41) is 2.64. The van der Waals surface area contributed by atoms with E-state index in [1.165, 1.54) is 0 Å². The molecule has 0 saturated heterocycles. The van der Waals surface area contributed by atoms with Gasteiger partial charge in [-0.05, 0) is 35.4 Å². The number of nitrogens with zero attached hydrogens (tertiary/aromatic N) is 3. The number of hydrogen-bond acceptors (Lipinski definition) is 2. The Bertz CT molecular complexity index is 580. The lowest BCUT2D eigenvalue weighted by molar-refractivity contribution is -0.0390. The number of imidazole rings is 1. The lowest BCUT2D eigenvalue weighted by Gasteiger charge is -2.32. The van der Waals surface area contributed by atoms with E-state index in [9.17, 15) is 13.6 Å². The van der Waals surface area contributed by atoms with Gasteiger partial charge in [0, 0.05) is 38.9 Å². The summed E-state index contributed by atoms with van der Waals surface area (Å²) >= 11 is 2.17. The number of rotatable bonds is 1. The maximum absolute atomic E-state index is 13.3. The number of alkyl halides is 2. The van der Waals surface area contributed by atoms with Gasteiger partial charge in [-0.15, -0.1) is 0 Å². The first-order chi connectivity index (χ1) is 10.4. The molecule has 0 atom stereocenters. The number of fused-ring (bicyclic) bond motifs is 1. The topological polar surface area (TPSA) is 50.2 Å². The van der Waals surface area contributed by atoms with Gasteiger partial charge in [-0.25, -0.2) is 18.6 Å². The molecule has 1 N–H and O–H groups in total. The first-order valence-corrected chi connectivity index (χ1v) is 8.58. The van der Waals surface area contributed by atoms with Crippen LogP contribution in [-0.2, 0) is 13.1 Å². The second-order valence-corrected chi connectivity index (χ2v) is 6.99. The summed E-state index contributed by atoms with van der Waals surface area (Å²) in [6.45, 7) is 1.82. The van der Waals surface area contributed by atoms with Gasteiger partial charge < -0.3 is 14.8 Å². The Morgan fingerprint density at radius 1 is 1.36 bits per heavy atom. The van der Waals surface area contributed by atoms with Gasteiger partial charge in [0.1, 0.15) is 9.53 Å². The minimum Gasteiger partial charge on any atom is -0.341 e. The molecule has 1 aliphatic heterocycles. The van der Waals surface area contributed by atoms with Crippen LogP contribution in [0.5, 0.6) is 0 Å². The highest BCUT2D eigenvalue weighted by Crippen LogP contribution is 2.41. The molecular formula is C14H19F2IN4O. The van der Waals surface area contributed by atoms with Gasteiger partial charge in [-0.3, -0.25) is 0 Å². The van der Waals surface area contributed by atoms with Crippen LogP contribution in [0.2, 0.25) is 0 Å². The predicted molar refractivity (Wildman–Crippen MR) is 86.0 cm³/mol. The largest absolute Gasteiger partial charge is 0.341 e. The quantitative estimate of drug-likeness (QED) is 0.706. The monoisotopic (exact) mass is 424 g/mol. The van der Waals surface area contributed by atoms with Gasteiger partial charge in [0.25, 0.3) is 0 Å². The van der Waals surface area contributed by atoms with Crippen LogP contribution >= 0.6 is 22.6 Å². The molecule has 1 saturated carbocycles. The van der Waals surface area contributed by atoms with Crippen LogP contribution in [-0.4, -0.2) is 40.0 Å². The summed E-state index contributed by atoms with van der Waals surface area (Å²) in [5.74, 6) is -1.49. The van der Waals surface area contributed by atoms with Crippen LogP contribution in [0.15, 0.2) is 0 Å². The molecule has 5 nitrogen and oxygen atoms in total. The molecule has 2 aliphatic rings. The van der Waals surface area contributed by atoms with Crippen molar-refractivity contribution in [3.8, 4) is 0 Å². The molecule has 1 fully saturated rings. The predicted octanol–water partition coefficient (Wildman–Crippen LogP) is 2.94. The molecule has 8 heteroatoms. The highest BCUT2D eigenvalue weighted by atomic mass is 127. The zero-order valence-electron chi connectivity index (χ0n) is 12.4. The van der Waals surface area contributed by atoms with Gasteiger partial charge in [0.05, 0.1) is 12.2 Å². The Morgan fingerprint density at radius 3 is 2.68 bits per heavy atom. The number of aromatic nitrogens is 2. The Kier molecular flexibility index (Phi) is 4.30. The summed E-state index contributed by atoms with van der Waals surface area (Å²) in [5.41, 5.74) is 1.02. The summed E-state index contributed by atoms with van der Waals surface area (Å²) in [7, 11) is 1.62. The number of nitrogens with one attached hydrogen (secondary N) is 1. The average molecular weight is 424 g/mol. The van der Waals surface area contributed by atoms with E-state index in [0.29, 0.717) is 32.5 Å². The van der Waals surface area contributed by atoms with E-state index in [1.54, 1.807) is 11.9 Å². The maximum Gasteiger partial charge on any atom is 0.317 e. The van der Waals surface area contributed by atoms with E-state index in [2.05, 4.69) is 37.5 Å². The summed E-state index contributed by atoms with van der Waals surface area (Å²) in [6.07, 6.45) is 0.860. The molecule has 0 spiro atoms. The molecule has 0 radical (unpaired) electrons. The third-order valence-corrected chi connectivity index (χ3v) is 5.43. The van der Waals surface area contributed by atoms with E-state index >= 15 is 0 Å². The molecule has 122 valence electrons. The van der Waals surface area contributed by atoms with E-state index in [-0.39, 0.29) is 24.8 Å². The molecule has 1 aromatic heterocycles. The second kappa shape index (κ2) is 5.93. The third kappa shape index (κ3) is 2.93. The van der Waals surface area contributed by atoms with Crippen molar-refractivity contribution < 1.29 is 13.6 Å². The molecule has 0 unspecified atom stereocenters. The minimum absolute atomic E-state index is 0.0548. The lowest BCUT2D eigenvalue weighted by Crippen LogP contribution is -2.43. The number of carbonyl (C=O) groups excluding carboxylic acids is 1. The van der Waals surface area contributed by atoms with Crippen molar-refractivity contribution >= 4 is 28.6 Å². The number of carbonyl (C=O) groups is 1. The molecule has 1 aliphatic carbocycles. The Hall–Kier alpha value is -0.930. The highest BCUT2D eigenvalue weighted by molar-refractivity contribution is 14.1. The minimum atomic E-state index is -2.52. The van der Waals surface area contributed by atoms with Crippen molar-refractivity contribution in [1.82, 2.24) is 19.8 Å². The summed E-state index contributed by atoms with van der Waals surface area (Å²) in [6, 6.07) is -0.0953. The zero-order valence-corrected chi connectivity index (χ0v) is 14.6. The Balaban J connectivity index is 1.81. The van der Waals surface area contributed by atoms with Crippen molar-refractivity contribution in [3.05, 3.63) is 15.2 Å². The smallest absolute Gasteiger partial charge is 0.317 e. The SMILES string of the molecule is CNC(=O)N1CCn2c(C3CCC(F)(F)CC3)nc(I)c2C1. The van der Waals surface area contributed by atoms with Gasteiger partial charge in [0.2, 0.25) is 5.92 Å². The average Bonchev–Trinajstić information content (AvgIpc) is 2.83. The van der Waals surface area contributed by atoms with Gasteiger partial charge in [-0.2, -0.15) is 0 Å². The molecule has 2 heterocycles. The van der Waals surface area contributed by atoms with Crippen molar-refractivity contribution in [2.75, 3.05) is 13.6 Å².